The van der Waals surface area contributed by atoms with E-state index in [0.29, 0.717) is 23.9 Å². The molecule has 1 aromatic carbocycles. The van der Waals surface area contributed by atoms with Gasteiger partial charge < -0.3 is 10.5 Å². The van der Waals surface area contributed by atoms with Crippen LogP contribution in [0.3, 0.4) is 0 Å². The second-order valence-electron chi connectivity index (χ2n) is 3.30. The molecule has 1 aromatic heterocycles. The summed E-state index contributed by atoms with van der Waals surface area (Å²) in [6.45, 7) is 0.856. The molecule has 90 valence electrons. The second-order valence-corrected chi connectivity index (χ2v) is 5.57. The number of rotatable bonds is 4. The molecule has 0 bridgehead atoms. The van der Waals surface area contributed by atoms with Gasteiger partial charge in [-0.15, -0.1) is 11.3 Å². The van der Waals surface area contributed by atoms with Crippen LogP contribution in [-0.2, 0) is 13.2 Å². The molecule has 2 rings (SSSR count). The zero-order valence-corrected chi connectivity index (χ0v) is 12.0. The topological polar surface area (TPSA) is 48.1 Å². The molecule has 2 aromatic rings. The second kappa shape index (κ2) is 5.82. The van der Waals surface area contributed by atoms with E-state index in [1.54, 1.807) is 6.07 Å². The molecular formula is C11H10BrClN2OS. The molecule has 0 unspecified atom stereocenters. The molecule has 0 saturated carbocycles. The predicted molar refractivity (Wildman–Crippen MR) is 73.5 cm³/mol. The first kappa shape index (κ1) is 12.8. The summed E-state index contributed by atoms with van der Waals surface area (Å²) in [6.07, 6.45) is 0. The van der Waals surface area contributed by atoms with E-state index < -0.39 is 0 Å². The average Bonchev–Trinajstić information content (AvgIpc) is 2.78. The largest absolute Gasteiger partial charge is 0.486 e. The van der Waals surface area contributed by atoms with Crippen LogP contribution in [-0.4, -0.2) is 4.98 Å². The molecule has 0 aliphatic carbocycles. The van der Waals surface area contributed by atoms with Gasteiger partial charge in [-0.05, 0) is 18.2 Å². The van der Waals surface area contributed by atoms with Gasteiger partial charge in [-0.1, -0.05) is 27.5 Å². The number of thiazole rings is 1. The van der Waals surface area contributed by atoms with Gasteiger partial charge in [0, 0.05) is 16.4 Å². The number of benzene rings is 1. The maximum atomic E-state index is 6.01. The molecular weight excluding hydrogens is 324 g/mol. The minimum absolute atomic E-state index is 0.396. The van der Waals surface area contributed by atoms with Gasteiger partial charge in [-0.25, -0.2) is 4.98 Å². The third-order valence-corrected chi connectivity index (χ3v) is 3.77. The fraction of sp³-hybridized carbons (Fsp3) is 0.182. The molecule has 0 amide bonds. The molecule has 0 atom stereocenters. The van der Waals surface area contributed by atoms with Crippen LogP contribution in [0.1, 0.15) is 10.7 Å². The number of nitrogens with zero attached hydrogens (tertiary/aromatic N) is 1. The van der Waals surface area contributed by atoms with Crippen LogP contribution in [0.15, 0.2) is 28.1 Å². The van der Waals surface area contributed by atoms with Gasteiger partial charge in [0.15, 0.2) is 0 Å². The summed E-state index contributed by atoms with van der Waals surface area (Å²) in [7, 11) is 0. The molecule has 0 spiro atoms. The van der Waals surface area contributed by atoms with E-state index >= 15 is 0 Å². The number of hydrogen-bond acceptors (Lipinski definition) is 4. The third-order valence-electron chi connectivity index (χ3n) is 2.04. The van der Waals surface area contributed by atoms with Gasteiger partial charge in [0.05, 0.1) is 10.7 Å². The lowest BCUT2D eigenvalue weighted by molar-refractivity contribution is 0.302. The van der Waals surface area contributed by atoms with Crippen molar-refractivity contribution in [1.29, 1.82) is 0 Å². The van der Waals surface area contributed by atoms with E-state index in [9.17, 15) is 0 Å². The van der Waals surface area contributed by atoms with Crippen molar-refractivity contribution in [3.05, 3.63) is 43.8 Å². The molecule has 0 aliphatic heterocycles. The highest BCUT2D eigenvalue weighted by atomic mass is 79.9. The Kier molecular flexibility index (Phi) is 4.39. The zero-order chi connectivity index (χ0) is 12.3. The number of aromatic nitrogens is 1. The van der Waals surface area contributed by atoms with Crippen molar-refractivity contribution in [2.45, 2.75) is 13.2 Å². The normalized spacial score (nSPS) is 10.5. The van der Waals surface area contributed by atoms with Crippen molar-refractivity contribution in [2.75, 3.05) is 0 Å². The third kappa shape index (κ3) is 3.42. The molecule has 1 heterocycles. The first-order chi connectivity index (χ1) is 8.19. The number of ether oxygens (including phenoxy) is 1. The van der Waals surface area contributed by atoms with Crippen molar-refractivity contribution >= 4 is 38.9 Å². The smallest absolute Gasteiger partial charge is 0.139 e. The Hall–Kier alpha value is -0.620. The quantitative estimate of drug-likeness (QED) is 0.930. The van der Waals surface area contributed by atoms with Crippen molar-refractivity contribution in [2.24, 2.45) is 5.73 Å². The molecule has 0 aliphatic rings. The molecule has 6 heteroatoms. The molecule has 17 heavy (non-hydrogen) atoms. The van der Waals surface area contributed by atoms with E-state index in [0.717, 1.165) is 15.2 Å². The highest BCUT2D eigenvalue weighted by molar-refractivity contribution is 9.10. The van der Waals surface area contributed by atoms with Gasteiger partial charge in [0.1, 0.15) is 17.4 Å². The monoisotopic (exact) mass is 332 g/mol. The van der Waals surface area contributed by atoms with Crippen LogP contribution in [0.25, 0.3) is 0 Å². The summed E-state index contributed by atoms with van der Waals surface area (Å²) in [6, 6.07) is 5.48. The van der Waals surface area contributed by atoms with Crippen molar-refractivity contribution in [3.63, 3.8) is 0 Å². The Morgan fingerprint density at radius 2 is 2.29 bits per heavy atom. The summed E-state index contributed by atoms with van der Waals surface area (Å²) in [5, 5.41) is 3.43. The van der Waals surface area contributed by atoms with Crippen LogP contribution in [0.5, 0.6) is 5.75 Å². The molecule has 0 fully saturated rings. The zero-order valence-electron chi connectivity index (χ0n) is 8.82. The van der Waals surface area contributed by atoms with Crippen LogP contribution < -0.4 is 10.5 Å². The van der Waals surface area contributed by atoms with Crippen LogP contribution in [0.2, 0.25) is 5.02 Å². The highest BCUT2D eigenvalue weighted by Gasteiger charge is 2.05. The summed E-state index contributed by atoms with van der Waals surface area (Å²) >= 11 is 10.9. The first-order valence-corrected chi connectivity index (χ1v) is 6.95. The van der Waals surface area contributed by atoms with Crippen molar-refractivity contribution in [3.8, 4) is 5.75 Å². The first-order valence-electron chi connectivity index (χ1n) is 4.90. The van der Waals surface area contributed by atoms with Crippen LogP contribution in [0.4, 0.5) is 0 Å². The van der Waals surface area contributed by atoms with Crippen LogP contribution in [0, 0.1) is 0 Å². The van der Waals surface area contributed by atoms with Crippen molar-refractivity contribution < 1.29 is 4.74 Å². The Bertz CT molecular complexity index is 518. The van der Waals surface area contributed by atoms with E-state index in [1.165, 1.54) is 11.3 Å². The average molecular weight is 334 g/mol. The highest BCUT2D eigenvalue weighted by Crippen LogP contribution is 2.28. The lowest BCUT2D eigenvalue weighted by atomic mass is 10.3. The molecule has 3 nitrogen and oxygen atoms in total. The van der Waals surface area contributed by atoms with E-state index in [4.69, 9.17) is 22.1 Å². The Morgan fingerprint density at radius 3 is 3.00 bits per heavy atom. The Balaban J connectivity index is 2.04. The predicted octanol–water partition coefficient (Wildman–Crippen LogP) is 3.60. The maximum Gasteiger partial charge on any atom is 0.139 e. The van der Waals surface area contributed by atoms with Crippen molar-refractivity contribution in [1.82, 2.24) is 4.98 Å². The van der Waals surface area contributed by atoms with Gasteiger partial charge in [-0.3, -0.25) is 0 Å². The van der Waals surface area contributed by atoms with Crippen LogP contribution >= 0.6 is 38.9 Å². The lowest BCUT2D eigenvalue weighted by Gasteiger charge is -2.06. The standard InChI is InChI=1S/C11H10BrClN2OS/c12-7-1-2-9(13)10(3-7)16-5-8-6-17-11(4-14)15-8/h1-3,6H,4-5,14H2. The van der Waals surface area contributed by atoms with E-state index in [-0.39, 0.29) is 0 Å². The SMILES string of the molecule is NCc1nc(COc2cc(Br)ccc2Cl)cs1. The van der Waals surface area contributed by atoms with Gasteiger partial charge >= 0.3 is 0 Å². The Labute approximate surface area is 117 Å². The number of hydrogen-bond donors (Lipinski definition) is 1. The minimum Gasteiger partial charge on any atom is -0.486 e. The number of halogens is 2. The summed E-state index contributed by atoms with van der Waals surface area (Å²) in [5.41, 5.74) is 6.36. The molecule has 0 radical (unpaired) electrons. The van der Waals surface area contributed by atoms with Gasteiger partial charge in [-0.2, -0.15) is 0 Å². The summed E-state index contributed by atoms with van der Waals surface area (Å²) in [5.74, 6) is 0.642. The fourth-order valence-corrected chi connectivity index (χ4v) is 2.42. The fourth-order valence-electron chi connectivity index (χ4n) is 1.25. The van der Waals surface area contributed by atoms with Gasteiger partial charge in [0.2, 0.25) is 0 Å². The Morgan fingerprint density at radius 1 is 1.47 bits per heavy atom. The summed E-state index contributed by atoms with van der Waals surface area (Å²) < 4.78 is 6.53. The minimum atomic E-state index is 0.396. The maximum absolute atomic E-state index is 6.01. The molecule has 2 N–H and O–H groups in total. The van der Waals surface area contributed by atoms with E-state index in [2.05, 4.69) is 20.9 Å². The molecule has 0 saturated heterocycles. The number of nitrogens with two attached hydrogens (primary N) is 1. The van der Waals surface area contributed by atoms with Gasteiger partial charge in [0.25, 0.3) is 0 Å². The summed E-state index contributed by atoms with van der Waals surface area (Å²) in [4.78, 5) is 4.31. The lowest BCUT2D eigenvalue weighted by Crippen LogP contribution is -1.99. The van der Waals surface area contributed by atoms with E-state index in [1.807, 2.05) is 17.5 Å².